The normalized spacial score (nSPS) is 10.3. The van der Waals surface area contributed by atoms with Crippen molar-refractivity contribution in [3.05, 3.63) is 60.3 Å². The minimum absolute atomic E-state index is 0.176. The summed E-state index contributed by atoms with van der Waals surface area (Å²) in [5.74, 6) is 2.06. The molecule has 1 aromatic heterocycles. The van der Waals surface area contributed by atoms with Crippen molar-refractivity contribution in [1.29, 1.82) is 0 Å². The van der Waals surface area contributed by atoms with Crippen LogP contribution in [0.25, 0.3) is 11.3 Å². The molecule has 3 rings (SSSR count). The van der Waals surface area contributed by atoms with E-state index in [0.29, 0.717) is 36.0 Å². The maximum atomic E-state index is 12.2. The zero-order valence-electron chi connectivity index (χ0n) is 15.1. The van der Waals surface area contributed by atoms with Gasteiger partial charge < -0.3 is 24.1 Å². The van der Waals surface area contributed by atoms with Gasteiger partial charge in [-0.15, -0.1) is 0 Å². The van der Waals surface area contributed by atoms with Gasteiger partial charge in [0.25, 0.3) is 5.91 Å². The van der Waals surface area contributed by atoms with Crippen molar-refractivity contribution in [1.82, 2.24) is 10.5 Å². The first-order valence-corrected chi connectivity index (χ1v) is 8.36. The van der Waals surface area contributed by atoms with E-state index in [2.05, 4.69) is 10.5 Å². The zero-order valence-corrected chi connectivity index (χ0v) is 15.1. The van der Waals surface area contributed by atoms with Gasteiger partial charge in [-0.3, -0.25) is 4.79 Å². The minimum atomic E-state index is -0.344. The monoisotopic (exact) mass is 368 g/mol. The number of methoxy groups -OCH3 is 2. The van der Waals surface area contributed by atoms with Crippen molar-refractivity contribution in [2.45, 2.75) is 0 Å². The van der Waals surface area contributed by atoms with Crippen LogP contribution >= 0.6 is 0 Å². The highest BCUT2D eigenvalue weighted by Gasteiger charge is 2.17. The third kappa shape index (κ3) is 4.58. The molecule has 0 atom stereocenters. The van der Waals surface area contributed by atoms with E-state index in [1.807, 2.05) is 30.3 Å². The molecule has 1 heterocycles. The van der Waals surface area contributed by atoms with Gasteiger partial charge in [0.05, 0.1) is 26.3 Å². The van der Waals surface area contributed by atoms with Crippen LogP contribution in [0.1, 0.15) is 10.5 Å². The molecular formula is C20H20N2O5. The number of nitrogens with zero attached hydrogens (tertiary/aromatic N) is 1. The van der Waals surface area contributed by atoms with Crippen molar-refractivity contribution in [3.63, 3.8) is 0 Å². The molecule has 0 aliphatic carbocycles. The first-order valence-electron chi connectivity index (χ1n) is 8.36. The molecule has 7 heteroatoms. The highest BCUT2D eigenvalue weighted by molar-refractivity contribution is 5.93. The lowest BCUT2D eigenvalue weighted by atomic mass is 10.1. The molecule has 0 fully saturated rings. The Labute approximate surface area is 156 Å². The highest BCUT2D eigenvalue weighted by Crippen LogP contribution is 2.33. The van der Waals surface area contributed by atoms with Gasteiger partial charge in [-0.05, 0) is 30.3 Å². The highest BCUT2D eigenvalue weighted by atomic mass is 16.5. The standard InChI is InChI=1S/C20H20N2O5/c1-24-15-8-9-18(25-2)16(12-15)19-13-17(22-27-19)20(23)21-10-11-26-14-6-4-3-5-7-14/h3-9,12-13H,10-11H2,1-2H3,(H,21,23). The van der Waals surface area contributed by atoms with Gasteiger partial charge in [-0.1, -0.05) is 23.4 Å². The molecule has 0 aliphatic rings. The predicted molar refractivity (Wildman–Crippen MR) is 99.3 cm³/mol. The summed E-state index contributed by atoms with van der Waals surface area (Å²) >= 11 is 0. The van der Waals surface area contributed by atoms with Crippen LogP contribution in [0.4, 0.5) is 0 Å². The number of ether oxygens (including phenoxy) is 3. The van der Waals surface area contributed by atoms with E-state index >= 15 is 0 Å². The molecule has 1 amide bonds. The number of carbonyl (C=O) groups excluding carboxylic acids is 1. The molecule has 0 aliphatic heterocycles. The van der Waals surface area contributed by atoms with E-state index in [-0.39, 0.29) is 11.6 Å². The third-order valence-corrected chi connectivity index (χ3v) is 3.81. The number of amides is 1. The molecule has 27 heavy (non-hydrogen) atoms. The van der Waals surface area contributed by atoms with Crippen LogP contribution in [0.2, 0.25) is 0 Å². The summed E-state index contributed by atoms with van der Waals surface area (Å²) in [4.78, 5) is 12.2. The van der Waals surface area contributed by atoms with Crippen LogP contribution in [0.15, 0.2) is 59.1 Å². The molecule has 2 aromatic carbocycles. The summed E-state index contributed by atoms with van der Waals surface area (Å²) in [6.45, 7) is 0.697. The second-order valence-corrected chi connectivity index (χ2v) is 5.56. The summed E-state index contributed by atoms with van der Waals surface area (Å²) in [5, 5.41) is 6.58. The summed E-state index contributed by atoms with van der Waals surface area (Å²) in [7, 11) is 3.13. The average molecular weight is 368 g/mol. The Morgan fingerprint density at radius 3 is 2.59 bits per heavy atom. The third-order valence-electron chi connectivity index (χ3n) is 3.81. The zero-order chi connectivity index (χ0) is 19.1. The first kappa shape index (κ1) is 18.3. The summed E-state index contributed by atoms with van der Waals surface area (Å²) < 4.78 is 21.4. The Morgan fingerprint density at radius 1 is 1.04 bits per heavy atom. The second-order valence-electron chi connectivity index (χ2n) is 5.56. The molecule has 140 valence electrons. The summed E-state index contributed by atoms with van der Waals surface area (Å²) in [6, 6.07) is 16.2. The number of para-hydroxylation sites is 1. The summed E-state index contributed by atoms with van der Waals surface area (Å²) in [6.07, 6.45) is 0. The fourth-order valence-corrected chi connectivity index (χ4v) is 2.46. The Bertz CT molecular complexity index is 892. The van der Waals surface area contributed by atoms with Crippen LogP contribution in [0, 0.1) is 0 Å². The Morgan fingerprint density at radius 2 is 1.85 bits per heavy atom. The van der Waals surface area contributed by atoms with Crippen molar-refractivity contribution in [3.8, 4) is 28.6 Å². The number of nitrogens with one attached hydrogen (secondary N) is 1. The summed E-state index contributed by atoms with van der Waals surface area (Å²) in [5.41, 5.74) is 0.824. The van der Waals surface area contributed by atoms with Crippen LogP contribution in [0.3, 0.4) is 0 Å². The Balaban J connectivity index is 1.61. The van der Waals surface area contributed by atoms with Crippen molar-refractivity contribution in [2.75, 3.05) is 27.4 Å². The van der Waals surface area contributed by atoms with Gasteiger partial charge in [0, 0.05) is 6.07 Å². The molecule has 3 aromatic rings. The number of carbonyl (C=O) groups is 1. The van der Waals surface area contributed by atoms with Gasteiger partial charge >= 0.3 is 0 Å². The van der Waals surface area contributed by atoms with E-state index in [9.17, 15) is 4.79 Å². The van der Waals surface area contributed by atoms with Gasteiger partial charge in [-0.25, -0.2) is 0 Å². The minimum Gasteiger partial charge on any atom is -0.497 e. The van der Waals surface area contributed by atoms with Crippen molar-refractivity contribution in [2.24, 2.45) is 0 Å². The lowest BCUT2D eigenvalue weighted by Crippen LogP contribution is -2.28. The van der Waals surface area contributed by atoms with E-state index in [4.69, 9.17) is 18.7 Å². The number of hydrogen-bond donors (Lipinski definition) is 1. The maximum absolute atomic E-state index is 12.2. The molecule has 0 radical (unpaired) electrons. The van der Waals surface area contributed by atoms with Crippen LogP contribution in [0.5, 0.6) is 17.2 Å². The number of hydrogen-bond acceptors (Lipinski definition) is 6. The number of rotatable bonds is 8. The van der Waals surface area contributed by atoms with Gasteiger partial charge in [0.1, 0.15) is 23.9 Å². The van der Waals surface area contributed by atoms with Crippen LogP contribution < -0.4 is 19.5 Å². The lowest BCUT2D eigenvalue weighted by molar-refractivity contribution is 0.0938. The molecule has 0 saturated heterocycles. The molecule has 1 N–H and O–H groups in total. The molecule has 0 unspecified atom stereocenters. The Hall–Kier alpha value is -3.48. The largest absolute Gasteiger partial charge is 0.497 e. The number of aromatic nitrogens is 1. The smallest absolute Gasteiger partial charge is 0.273 e. The van der Waals surface area contributed by atoms with E-state index in [1.54, 1.807) is 38.5 Å². The van der Waals surface area contributed by atoms with Gasteiger partial charge in [-0.2, -0.15) is 0 Å². The van der Waals surface area contributed by atoms with Crippen LogP contribution in [-0.2, 0) is 0 Å². The topological polar surface area (TPSA) is 82.8 Å². The maximum Gasteiger partial charge on any atom is 0.273 e. The van der Waals surface area contributed by atoms with Gasteiger partial charge in [0.15, 0.2) is 11.5 Å². The lowest BCUT2D eigenvalue weighted by Gasteiger charge is -2.07. The molecule has 7 nitrogen and oxygen atoms in total. The average Bonchev–Trinajstić information content (AvgIpc) is 3.21. The fourth-order valence-electron chi connectivity index (χ4n) is 2.46. The SMILES string of the molecule is COc1ccc(OC)c(-c2cc(C(=O)NCCOc3ccccc3)no2)c1. The quantitative estimate of drug-likeness (QED) is 0.615. The van der Waals surface area contributed by atoms with Crippen molar-refractivity contribution >= 4 is 5.91 Å². The first-order chi connectivity index (χ1) is 13.2. The Kier molecular flexibility index (Phi) is 5.94. The molecule has 0 bridgehead atoms. The van der Waals surface area contributed by atoms with E-state index in [1.165, 1.54) is 0 Å². The molecule has 0 saturated carbocycles. The van der Waals surface area contributed by atoms with E-state index in [0.717, 1.165) is 5.75 Å². The van der Waals surface area contributed by atoms with Gasteiger partial charge in [0.2, 0.25) is 0 Å². The molecular weight excluding hydrogens is 348 g/mol. The van der Waals surface area contributed by atoms with Crippen LogP contribution in [-0.4, -0.2) is 38.4 Å². The van der Waals surface area contributed by atoms with E-state index < -0.39 is 0 Å². The number of benzene rings is 2. The molecule has 0 spiro atoms. The van der Waals surface area contributed by atoms with Crippen molar-refractivity contribution < 1.29 is 23.5 Å². The fraction of sp³-hybridized carbons (Fsp3) is 0.200. The second kappa shape index (κ2) is 8.75. The predicted octanol–water partition coefficient (Wildman–Crippen LogP) is 3.17.